The number of halogens is 1. The molecule has 0 atom stereocenters. The van der Waals surface area contributed by atoms with Crippen molar-refractivity contribution in [1.29, 1.82) is 5.41 Å². The summed E-state index contributed by atoms with van der Waals surface area (Å²) in [6, 6.07) is 8.61. The van der Waals surface area contributed by atoms with Crippen molar-refractivity contribution >= 4 is 28.3 Å². The van der Waals surface area contributed by atoms with Gasteiger partial charge in [0.25, 0.3) is 0 Å². The van der Waals surface area contributed by atoms with Crippen molar-refractivity contribution in [1.82, 2.24) is 4.57 Å². The summed E-state index contributed by atoms with van der Waals surface area (Å²) < 4.78 is 2.20. The molecule has 1 heterocycles. The van der Waals surface area contributed by atoms with Crippen LogP contribution in [-0.4, -0.2) is 4.57 Å². The van der Waals surface area contributed by atoms with Gasteiger partial charge in [0.1, 0.15) is 0 Å². The van der Waals surface area contributed by atoms with Gasteiger partial charge in [-0.05, 0) is 38.2 Å². The number of hydrogen-bond donors (Lipinski definition) is 1. The molecule has 0 saturated heterocycles. The first-order chi connectivity index (χ1) is 8.74. The first-order valence-corrected chi connectivity index (χ1v) is 7.37. The maximum absolute atomic E-state index is 8.15. The summed E-state index contributed by atoms with van der Waals surface area (Å²) in [5, 5.41) is 8.15. The van der Waals surface area contributed by atoms with Crippen LogP contribution in [0, 0.1) is 12.3 Å². The molecule has 4 heteroatoms. The monoisotopic (exact) mass is 338 g/mol. The Labute approximate surface area is 128 Å². The SMILES string of the molecule is Br.Cc1cccc(Cn2c3c(sc2=N)CCCC3)c1. The van der Waals surface area contributed by atoms with Crippen LogP contribution in [0.5, 0.6) is 0 Å². The van der Waals surface area contributed by atoms with Gasteiger partial charge in [0.2, 0.25) is 0 Å². The van der Waals surface area contributed by atoms with E-state index in [4.69, 9.17) is 5.41 Å². The van der Waals surface area contributed by atoms with E-state index in [1.807, 2.05) is 0 Å². The molecule has 0 fully saturated rings. The minimum absolute atomic E-state index is 0. The Kier molecular flexibility index (Phi) is 4.63. The molecule has 0 amide bonds. The average Bonchev–Trinajstić information content (AvgIpc) is 2.66. The first kappa shape index (κ1) is 14.5. The van der Waals surface area contributed by atoms with Crippen LogP contribution in [0.1, 0.15) is 34.5 Å². The molecule has 19 heavy (non-hydrogen) atoms. The van der Waals surface area contributed by atoms with Crippen LogP contribution < -0.4 is 4.80 Å². The summed E-state index contributed by atoms with van der Waals surface area (Å²) in [6.45, 7) is 2.98. The van der Waals surface area contributed by atoms with Gasteiger partial charge in [0.05, 0.1) is 6.54 Å². The highest BCUT2D eigenvalue weighted by atomic mass is 79.9. The van der Waals surface area contributed by atoms with Crippen LogP contribution in [0.3, 0.4) is 0 Å². The van der Waals surface area contributed by atoms with Gasteiger partial charge < -0.3 is 4.57 Å². The number of aryl methyl sites for hydroxylation is 2. The largest absolute Gasteiger partial charge is 0.317 e. The number of fused-ring (bicyclic) bond motifs is 1. The summed E-state index contributed by atoms with van der Waals surface area (Å²) in [4.78, 5) is 2.15. The zero-order valence-electron chi connectivity index (χ0n) is 11.1. The highest BCUT2D eigenvalue weighted by Gasteiger charge is 2.16. The third-order valence-electron chi connectivity index (χ3n) is 3.60. The second kappa shape index (κ2) is 6.06. The van der Waals surface area contributed by atoms with Crippen LogP contribution >= 0.6 is 28.3 Å². The van der Waals surface area contributed by atoms with Crippen molar-refractivity contribution in [2.45, 2.75) is 39.2 Å². The normalized spacial score (nSPS) is 13.7. The Balaban J connectivity index is 0.00000133. The van der Waals surface area contributed by atoms with E-state index < -0.39 is 0 Å². The molecule has 2 nitrogen and oxygen atoms in total. The highest BCUT2D eigenvalue weighted by Crippen LogP contribution is 2.24. The molecule has 1 aliphatic rings. The zero-order valence-corrected chi connectivity index (χ0v) is 13.6. The number of nitrogens with zero attached hydrogens (tertiary/aromatic N) is 1. The van der Waals surface area contributed by atoms with Crippen molar-refractivity contribution < 1.29 is 0 Å². The molecule has 1 aromatic carbocycles. The van der Waals surface area contributed by atoms with Crippen molar-refractivity contribution in [3.63, 3.8) is 0 Å². The lowest BCUT2D eigenvalue weighted by Crippen LogP contribution is -2.18. The summed E-state index contributed by atoms with van der Waals surface area (Å²) >= 11 is 1.67. The second-order valence-corrected chi connectivity index (χ2v) is 6.14. The van der Waals surface area contributed by atoms with Crippen LogP contribution in [0.4, 0.5) is 0 Å². The van der Waals surface area contributed by atoms with Crippen LogP contribution in [0.15, 0.2) is 24.3 Å². The molecule has 1 aromatic heterocycles. The topological polar surface area (TPSA) is 28.8 Å². The lowest BCUT2D eigenvalue weighted by Gasteiger charge is -2.14. The van der Waals surface area contributed by atoms with E-state index in [1.54, 1.807) is 11.3 Å². The van der Waals surface area contributed by atoms with E-state index in [9.17, 15) is 0 Å². The molecule has 0 aliphatic heterocycles. The maximum Gasteiger partial charge on any atom is 0.182 e. The Morgan fingerprint density at radius 2 is 2.05 bits per heavy atom. The number of benzene rings is 1. The van der Waals surface area contributed by atoms with Gasteiger partial charge in [0.15, 0.2) is 4.80 Å². The Morgan fingerprint density at radius 3 is 2.84 bits per heavy atom. The Morgan fingerprint density at radius 1 is 1.26 bits per heavy atom. The summed E-state index contributed by atoms with van der Waals surface area (Å²) in [5.74, 6) is 0. The predicted molar refractivity (Wildman–Crippen MR) is 85.4 cm³/mol. The fourth-order valence-electron chi connectivity index (χ4n) is 2.71. The zero-order chi connectivity index (χ0) is 12.5. The van der Waals surface area contributed by atoms with Gasteiger partial charge in [0, 0.05) is 10.6 Å². The maximum atomic E-state index is 8.15. The van der Waals surface area contributed by atoms with Crippen LogP contribution in [0.2, 0.25) is 0 Å². The molecule has 102 valence electrons. The first-order valence-electron chi connectivity index (χ1n) is 6.55. The van der Waals surface area contributed by atoms with E-state index in [0.29, 0.717) is 4.80 Å². The van der Waals surface area contributed by atoms with Crippen LogP contribution in [0.25, 0.3) is 0 Å². The third kappa shape index (κ3) is 3.00. The van der Waals surface area contributed by atoms with E-state index in [0.717, 1.165) is 13.0 Å². The van der Waals surface area contributed by atoms with Crippen LogP contribution in [-0.2, 0) is 19.4 Å². The summed E-state index contributed by atoms with van der Waals surface area (Å²) in [6.07, 6.45) is 4.89. The average molecular weight is 339 g/mol. The number of nitrogens with one attached hydrogen (secondary N) is 1. The van der Waals surface area contributed by atoms with Gasteiger partial charge in [-0.25, -0.2) is 0 Å². The molecule has 2 aromatic rings. The molecule has 3 rings (SSSR count). The highest BCUT2D eigenvalue weighted by molar-refractivity contribution is 8.93. The minimum atomic E-state index is 0. The van der Waals surface area contributed by atoms with Gasteiger partial charge in [-0.1, -0.05) is 29.8 Å². The molecule has 0 saturated carbocycles. The van der Waals surface area contributed by atoms with E-state index >= 15 is 0 Å². The molecule has 0 bridgehead atoms. The van der Waals surface area contributed by atoms with Crippen molar-refractivity contribution in [2.75, 3.05) is 0 Å². The molecular weight excluding hydrogens is 320 g/mol. The predicted octanol–water partition coefficient (Wildman–Crippen LogP) is 3.84. The number of hydrogen-bond acceptors (Lipinski definition) is 2. The number of thiazole rings is 1. The van der Waals surface area contributed by atoms with E-state index in [-0.39, 0.29) is 17.0 Å². The van der Waals surface area contributed by atoms with Gasteiger partial charge in [-0.2, -0.15) is 0 Å². The Hall–Kier alpha value is -0.870. The molecule has 0 unspecified atom stereocenters. The molecule has 0 spiro atoms. The summed E-state index contributed by atoms with van der Waals surface area (Å²) in [5.41, 5.74) is 4.01. The molecule has 0 radical (unpaired) electrons. The molecule has 1 N–H and O–H groups in total. The van der Waals surface area contributed by atoms with Gasteiger partial charge in [-0.3, -0.25) is 5.41 Å². The van der Waals surface area contributed by atoms with Crippen molar-refractivity contribution in [3.8, 4) is 0 Å². The summed E-state index contributed by atoms with van der Waals surface area (Å²) in [7, 11) is 0. The molecule has 1 aliphatic carbocycles. The second-order valence-electron chi connectivity index (χ2n) is 5.06. The fraction of sp³-hybridized carbons (Fsp3) is 0.400. The lowest BCUT2D eigenvalue weighted by molar-refractivity contribution is 0.619. The van der Waals surface area contributed by atoms with E-state index in [2.05, 4.69) is 35.8 Å². The standard InChI is InChI=1S/C15H18N2S.BrH/c1-11-5-4-6-12(9-11)10-17-13-7-2-3-8-14(13)18-15(17)16;/h4-6,9,16H,2-3,7-8,10H2,1H3;1H. The fourth-order valence-corrected chi connectivity index (χ4v) is 3.81. The van der Waals surface area contributed by atoms with E-state index in [1.165, 1.54) is 41.0 Å². The number of aromatic nitrogens is 1. The van der Waals surface area contributed by atoms with Crippen molar-refractivity contribution in [3.05, 3.63) is 50.8 Å². The third-order valence-corrected chi connectivity index (χ3v) is 4.70. The molecular formula is C15H19BrN2S. The lowest BCUT2D eigenvalue weighted by atomic mass is 10.0. The number of rotatable bonds is 2. The van der Waals surface area contributed by atoms with Gasteiger partial charge in [-0.15, -0.1) is 28.3 Å². The van der Waals surface area contributed by atoms with Crippen molar-refractivity contribution in [2.24, 2.45) is 0 Å². The smallest absolute Gasteiger partial charge is 0.182 e. The minimum Gasteiger partial charge on any atom is -0.317 e. The quantitative estimate of drug-likeness (QED) is 0.861. The van der Waals surface area contributed by atoms with Gasteiger partial charge >= 0.3 is 0 Å². The Bertz CT molecular complexity index is 627.